The molecule has 30 heavy (non-hydrogen) atoms. The highest BCUT2D eigenvalue weighted by Gasteiger charge is 2.09. The first-order valence-electron chi connectivity index (χ1n) is 8.93. The molecule has 0 aliphatic heterocycles. The van der Waals surface area contributed by atoms with Crippen LogP contribution in [0.4, 0.5) is 10.1 Å². The number of anilines is 1. The van der Waals surface area contributed by atoms with E-state index in [0.717, 1.165) is 33.7 Å². The van der Waals surface area contributed by atoms with Crippen molar-refractivity contribution in [1.82, 2.24) is 4.98 Å². The van der Waals surface area contributed by atoms with Gasteiger partial charge in [-0.15, -0.1) is 11.3 Å². The van der Waals surface area contributed by atoms with Crippen molar-refractivity contribution in [1.29, 1.82) is 0 Å². The molecule has 4 aromatic rings. The molecule has 0 fully saturated rings. The van der Waals surface area contributed by atoms with Crippen LogP contribution in [-0.4, -0.2) is 15.8 Å². The standard InChI is InChI=1S/C22H15N3O3S2/c26-20(12-10-18-11-13-21(30-18)25(27)28)24-22-23-19(14-29-22)17-8-6-16(7-9-17)15-4-2-1-3-5-15/h1-14H,(H,23,24,26). The Kier molecular flexibility index (Phi) is 5.78. The van der Waals surface area contributed by atoms with Gasteiger partial charge in [0.05, 0.1) is 10.6 Å². The second kappa shape index (κ2) is 8.81. The minimum Gasteiger partial charge on any atom is -0.298 e. The van der Waals surface area contributed by atoms with Crippen molar-refractivity contribution in [2.24, 2.45) is 0 Å². The van der Waals surface area contributed by atoms with Crippen molar-refractivity contribution in [3.63, 3.8) is 0 Å². The molecule has 2 aromatic carbocycles. The second-order valence-electron chi connectivity index (χ2n) is 6.24. The number of nitrogens with zero attached hydrogens (tertiary/aromatic N) is 2. The molecule has 2 aromatic heterocycles. The molecule has 0 atom stereocenters. The predicted molar refractivity (Wildman–Crippen MR) is 122 cm³/mol. The van der Waals surface area contributed by atoms with Crippen molar-refractivity contribution >= 4 is 44.8 Å². The normalized spacial score (nSPS) is 10.9. The Morgan fingerprint density at radius 2 is 1.67 bits per heavy atom. The number of hydrogen-bond acceptors (Lipinski definition) is 6. The zero-order chi connectivity index (χ0) is 20.9. The summed E-state index contributed by atoms with van der Waals surface area (Å²) in [7, 11) is 0. The van der Waals surface area contributed by atoms with Crippen molar-refractivity contribution in [3.8, 4) is 22.4 Å². The van der Waals surface area contributed by atoms with Crippen molar-refractivity contribution in [2.45, 2.75) is 0 Å². The first-order chi connectivity index (χ1) is 14.6. The van der Waals surface area contributed by atoms with Crippen molar-refractivity contribution in [3.05, 3.63) is 93.2 Å². The van der Waals surface area contributed by atoms with E-state index in [0.29, 0.717) is 10.0 Å². The average Bonchev–Trinajstić information content (AvgIpc) is 3.43. The van der Waals surface area contributed by atoms with Gasteiger partial charge in [-0.3, -0.25) is 20.2 Å². The summed E-state index contributed by atoms with van der Waals surface area (Å²) in [4.78, 5) is 27.5. The van der Waals surface area contributed by atoms with Crippen LogP contribution in [0.1, 0.15) is 4.88 Å². The first kappa shape index (κ1) is 19.7. The van der Waals surface area contributed by atoms with E-state index < -0.39 is 4.92 Å². The lowest BCUT2D eigenvalue weighted by Gasteiger charge is -2.02. The van der Waals surface area contributed by atoms with Gasteiger partial charge in [0.25, 0.3) is 0 Å². The summed E-state index contributed by atoms with van der Waals surface area (Å²) in [5.74, 6) is -0.341. The van der Waals surface area contributed by atoms with Crippen LogP contribution in [0.2, 0.25) is 0 Å². The van der Waals surface area contributed by atoms with Crippen LogP contribution in [0, 0.1) is 10.1 Å². The molecule has 6 nitrogen and oxygen atoms in total. The molecule has 0 saturated heterocycles. The van der Waals surface area contributed by atoms with Crippen molar-refractivity contribution in [2.75, 3.05) is 5.32 Å². The molecule has 1 N–H and O–H groups in total. The van der Waals surface area contributed by atoms with Gasteiger partial charge in [-0.05, 0) is 23.3 Å². The second-order valence-corrected chi connectivity index (χ2v) is 8.19. The highest BCUT2D eigenvalue weighted by atomic mass is 32.1. The van der Waals surface area contributed by atoms with Crippen LogP contribution in [-0.2, 0) is 4.79 Å². The third-order valence-corrected chi connectivity index (χ3v) is 5.97. The number of hydrogen-bond donors (Lipinski definition) is 1. The number of carbonyl (C=O) groups is 1. The highest BCUT2D eigenvalue weighted by Crippen LogP contribution is 2.28. The van der Waals surface area contributed by atoms with Crippen LogP contribution in [0.15, 0.2) is 78.2 Å². The largest absolute Gasteiger partial charge is 0.324 e. The summed E-state index contributed by atoms with van der Waals surface area (Å²) in [5.41, 5.74) is 4.03. The third kappa shape index (κ3) is 4.68. The summed E-state index contributed by atoms with van der Waals surface area (Å²) in [5, 5.41) is 15.8. The van der Waals surface area contributed by atoms with E-state index in [1.807, 2.05) is 47.8 Å². The first-order valence-corrected chi connectivity index (χ1v) is 10.6. The van der Waals surface area contributed by atoms with Crippen LogP contribution in [0.5, 0.6) is 0 Å². The number of amides is 1. The van der Waals surface area contributed by atoms with Gasteiger partial charge in [-0.2, -0.15) is 0 Å². The number of carbonyl (C=O) groups excluding carboxylic acids is 1. The van der Waals surface area contributed by atoms with E-state index in [4.69, 9.17) is 0 Å². The van der Waals surface area contributed by atoms with E-state index in [-0.39, 0.29) is 10.9 Å². The Morgan fingerprint density at radius 3 is 2.37 bits per heavy atom. The van der Waals surface area contributed by atoms with Gasteiger partial charge in [-0.1, -0.05) is 65.9 Å². The molecule has 1 amide bonds. The fraction of sp³-hybridized carbons (Fsp3) is 0. The van der Waals surface area contributed by atoms with Crippen LogP contribution >= 0.6 is 22.7 Å². The SMILES string of the molecule is O=C(C=Cc1ccc([N+](=O)[O-])s1)Nc1nc(-c2ccc(-c3ccccc3)cc2)cs1. The Morgan fingerprint density at radius 1 is 0.967 bits per heavy atom. The Balaban J connectivity index is 1.40. The van der Waals surface area contributed by atoms with Crippen molar-refractivity contribution < 1.29 is 9.72 Å². The average molecular weight is 434 g/mol. The molecule has 0 unspecified atom stereocenters. The number of nitrogens with one attached hydrogen (secondary N) is 1. The Labute approximate surface area is 180 Å². The molecule has 0 bridgehead atoms. The lowest BCUT2D eigenvalue weighted by molar-refractivity contribution is -0.380. The molecule has 0 saturated carbocycles. The maximum atomic E-state index is 12.1. The van der Waals surface area contributed by atoms with E-state index in [1.54, 1.807) is 12.1 Å². The van der Waals surface area contributed by atoms with Crippen LogP contribution in [0.25, 0.3) is 28.5 Å². The summed E-state index contributed by atoms with van der Waals surface area (Å²) >= 11 is 2.35. The summed E-state index contributed by atoms with van der Waals surface area (Å²) < 4.78 is 0. The molecule has 0 aliphatic rings. The molecule has 0 aliphatic carbocycles. The van der Waals surface area contributed by atoms with Gasteiger partial charge >= 0.3 is 5.00 Å². The number of thiazole rings is 1. The third-order valence-electron chi connectivity index (χ3n) is 4.21. The Hall–Kier alpha value is -3.62. The van der Waals surface area contributed by atoms with Gasteiger partial charge in [0.1, 0.15) is 0 Å². The highest BCUT2D eigenvalue weighted by molar-refractivity contribution is 7.16. The number of benzene rings is 2. The molecule has 8 heteroatoms. The smallest absolute Gasteiger partial charge is 0.298 e. The molecule has 0 spiro atoms. The van der Waals surface area contributed by atoms with Gasteiger partial charge in [0.15, 0.2) is 5.13 Å². The molecule has 2 heterocycles. The zero-order valence-corrected chi connectivity index (χ0v) is 17.2. The quantitative estimate of drug-likeness (QED) is 0.226. The number of nitro groups is 1. The van der Waals surface area contributed by atoms with Crippen LogP contribution in [0.3, 0.4) is 0 Å². The fourth-order valence-corrected chi connectivity index (χ4v) is 4.21. The van der Waals surface area contributed by atoms with E-state index in [9.17, 15) is 14.9 Å². The Bertz CT molecular complexity index is 1210. The maximum absolute atomic E-state index is 12.1. The molecule has 0 radical (unpaired) electrons. The molecular formula is C22H15N3O3S2. The monoisotopic (exact) mass is 433 g/mol. The zero-order valence-electron chi connectivity index (χ0n) is 15.5. The van der Waals surface area contributed by atoms with Gasteiger partial charge in [0.2, 0.25) is 5.91 Å². The molecule has 148 valence electrons. The van der Waals surface area contributed by atoms with Crippen LogP contribution < -0.4 is 5.32 Å². The molecular weight excluding hydrogens is 418 g/mol. The van der Waals surface area contributed by atoms with E-state index in [1.165, 1.54) is 23.5 Å². The fourth-order valence-electron chi connectivity index (χ4n) is 2.76. The number of thiophene rings is 1. The predicted octanol–water partition coefficient (Wildman–Crippen LogP) is 6.10. The maximum Gasteiger partial charge on any atom is 0.324 e. The summed E-state index contributed by atoms with van der Waals surface area (Å²) in [6.07, 6.45) is 2.88. The molecule has 4 rings (SSSR count). The lowest BCUT2D eigenvalue weighted by Crippen LogP contribution is -2.07. The number of aromatic nitrogens is 1. The minimum absolute atomic E-state index is 0.0397. The van der Waals surface area contributed by atoms with E-state index in [2.05, 4.69) is 22.4 Å². The lowest BCUT2D eigenvalue weighted by atomic mass is 10.0. The minimum atomic E-state index is -0.453. The topological polar surface area (TPSA) is 85.1 Å². The summed E-state index contributed by atoms with van der Waals surface area (Å²) in [6.45, 7) is 0. The number of rotatable bonds is 6. The van der Waals surface area contributed by atoms with Gasteiger partial charge in [-0.25, -0.2) is 4.98 Å². The summed E-state index contributed by atoms with van der Waals surface area (Å²) in [6, 6.07) is 21.3. The van der Waals surface area contributed by atoms with E-state index >= 15 is 0 Å². The van der Waals surface area contributed by atoms with Gasteiger partial charge < -0.3 is 0 Å². The van der Waals surface area contributed by atoms with Gasteiger partial charge in [0, 0.05) is 28.0 Å².